The van der Waals surface area contributed by atoms with Crippen molar-refractivity contribution in [3.05, 3.63) is 64.5 Å². The summed E-state index contributed by atoms with van der Waals surface area (Å²) in [6.07, 6.45) is 0. The molecule has 2 rings (SSSR count). The lowest BCUT2D eigenvalue weighted by Crippen LogP contribution is -2.13. The average Bonchev–Trinajstić information content (AvgIpc) is 2.47. The Morgan fingerprint density at radius 1 is 1.24 bits per heavy atom. The highest BCUT2D eigenvalue weighted by Crippen LogP contribution is 2.21. The Morgan fingerprint density at radius 2 is 1.90 bits per heavy atom. The Morgan fingerprint density at radius 3 is 2.48 bits per heavy atom. The predicted octanol–water partition coefficient (Wildman–Crippen LogP) is 3.12. The summed E-state index contributed by atoms with van der Waals surface area (Å²) < 4.78 is 19.5. The molecule has 0 unspecified atom stereocenters. The smallest absolute Gasteiger partial charge is 0.170 e. The molecule has 2 aromatic rings. The van der Waals surface area contributed by atoms with Gasteiger partial charge in [-0.3, -0.25) is 0 Å². The molecule has 21 heavy (non-hydrogen) atoms. The second-order valence-electron chi connectivity index (χ2n) is 4.79. The van der Waals surface area contributed by atoms with E-state index >= 15 is 0 Å². The first kappa shape index (κ1) is 14.8. The minimum atomic E-state index is -0.551. The molecule has 0 saturated carbocycles. The van der Waals surface area contributed by atoms with Crippen molar-refractivity contribution in [3.8, 4) is 5.75 Å². The van der Waals surface area contributed by atoms with E-state index in [0.29, 0.717) is 12.2 Å². The molecule has 0 spiro atoms. The maximum Gasteiger partial charge on any atom is 0.170 e. The fourth-order valence-corrected chi connectivity index (χ4v) is 2.06. The summed E-state index contributed by atoms with van der Waals surface area (Å²) in [5.41, 5.74) is 8.95. The Labute approximate surface area is 122 Å². The van der Waals surface area contributed by atoms with Crippen LogP contribution in [0.3, 0.4) is 0 Å². The number of halogens is 1. The quantitative estimate of drug-likeness (QED) is 0.393. The first-order chi connectivity index (χ1) is 10.0. The third-order valence-electron chi connectivity index (χ3n) is 3.35. The highest BCUT2D eigenvalue weighted by Gasteiger charge is 2.09. The summed E-state index contributed by atoms with van der Waals surface area (Å²) in [4.78, 5) is 0. The number of oxime groups is 1. The van der Waals surface area contributed by atoms with E-state index in [1.54, 1.807) is 0 Å². The molecule has 0 aliphatic rings. The van der Waals surface area contributed by atoms with E-state index in [1.165, 1.54) is 18.2 Å². The molecule has 5 heteroatoms. The van der Waals surface area contributed by atoms with Crippen LogP contribution in [-0.2, 0) is 6.61 Å². The van der Waals surface area contributed by atoms with Gasteiger partial charge in [-0.2, -0.15) is 0 Å². The summed E-state index contributed by atoms with van der Waals surface area (Å²) in [5.74, 6) is -0.562. The summed E-state index contributed by atoms with van der Waals surface area (Å²) >= 11 is 0. The number of benzene rings is 2. The van der Waals surface area contributed by atoms with E-state index in [1.807, 2.05) is 32.0 Å². The third-order valence-corrected chi connectivity index (χ3v) is 3.35. The maximum absolute atomic E-state index is 13.9. The van der Waals surface area contributed by atoms with E-state index in [9.17, 15) is 4.39 Å². The van der Waals surface area contributed by atoms with Crippen molar-refractivity contribution in [1.82, 2.24) is 0 Å². The lowest BCUT2D eigenvalue weighted by Gasteiger charge is -2.12. The Balaban J connectivity index is 2.18. The van der Waals surface area contributed by atoms with Gasteiger partial charge in [0, 0.05) is 5.56 Å². The maximum atomic E-state index is 13.9. The van der Waals surface area contributed by atoms with Gasteiger partial charge in [0.15, 0.2) is 17.4 Å². The van der Waals surface area contributed by atoms with Gasteiger partial charge >= 0.3 is 0 Å². The van der Waals surface area contributed by atoms with Crippen molar-refractivity contribution in [1.29, 1.82) is 0 Å². The van der Waals surface area contributed by atoms with Gasteiger partial charge < -0.3 is 15.7 Å². The molecule has 0 fully saturated rings. The number of nitrogens with two attached hydrogens (primary N) is 1. The van der Waals surface area contributed by atoms with Gasteiger partial charge in [-0.15, -0.1) is 0 Å². The van der Waals surface area contributed by atoms with Crippen molar-refractivity contribution in [2.45, 2.75) is 20.5 Å². The molecule has 0 atom stereocenters. The summed E-state index contributed by atoms with van der Waals surface area (Å²) in [7, 11) is 0. The van der Waals surface area contributed by atoms with Crippen LogP contribution in [0.5, 0.6) is 5.75 Å². The Hall–Kier alpha value is -2.56. The minimum Gasteiger partial charge on any atom is -0.486 e. The molecule has 0 amide bonds. The number of ether oxygens (including phenoxy) is 1. The van der Waals surface area contributed by atoms with E-state index in [-0.39, 0.29) is 11.6 Å². The van der Waals surface area contributed by atoms with Crippen molar-refractivity contribution in [3.63, 3.8) is 0 Å². The average molecular weight is 288 g/mol. The van der Waals surface area contributed by atoms with E-state index < -0.39 is 5.82 Å². The SMILES string of the molecule is Cc1cccc(C)c1COc1ccc(/C(N)=N/O)cc1F. The second kappa shape index (κ2) is 6.26. The standard InChI is InChI=1S/C16H17FN2O2/c1-10-4-3-5-11(2)13(10)9-21-15-7-6-12(8-14(15)17)16(18)19-20/h3-8,20H,9H2,1-2H3,(H2,18,19). The Kier molecular flexibility index (Phi) is 4.42. The van der Waals surface area contributed by atoms with Crippen LogP contribution in [0.15, 0.2) is 41.6 Å². The number of nitrogens with zero attached hydrogens (tertiary/aromatic N) is 1. The molecule has 110 valence electrons. The van der Waals surface area contributed by atoms with E-state index in [0.717, 1.165) is 16.7 Å². The van der Waals surface area contributed by atoms with Crippen molar-refractivity contribution >= 4 is 5.84 Å². The topological polar surface area (TPSA) is 67.8 Å². The van der Waals surface area contributed by atoms with Gasteiger partial charge in [-0.05, 0) is 48.7 Å². The zero-order valence-corrected chi connectivity index (χ0v) is 11.9. The third kappa shape index (κ3) is 3.31. The van der Waals surface area contributed by atoms with Crippen molar-refractivity contribution < 1.29 is 14.3 Å². The second-order valence-corrected chi connectivity index (χ2v) is 4.79. The lowest BCUT2D eigenvalue weighted by atomic mass is 10.0. The molecule has 4 nitrogen and oxygen atoms in total. The molecule has 0 bridgehead atoms. The fraction of sp³-hybridized carbons (Fsp3) is 0.188. The van der Waals surface area contributed by atoms with Crippen LogP contribution in [0, 0.1) is 19.7 Å². The zero-order chi connectivity index (χ0) is 15.4. The first-order valence-corrected chi connectivity index (χ1v) is 6.48. The highest BCUT2D eigenvalue weighted by molar-refractivity contribution is 5.97. The summed E-state index contributed by atoms with van der Waals surface area (Å²) in [6.45, 7) is 4.27. The van der Waals surface area contributed by atoms with Gasteiger partial charge in [-0.25, -0.2) is 4.39 Å². The van der Waals surface area contributed by atoms with Crippen molar-refractivity contribution in [2.75, 3.05) is 0 Å². The molecule has 0 aliphatic carbocycles. The predicted molar refractivity (Wildman–Crippen MR) is 79.2 cm³/mol. The highest BCUT2D eigenvalue weighted by atomic mass is 19.1. The molecule has 0 heterocycles. The van der Waals surface area contributed by atoms with Crippen molar-refractivity contribution in [2.24, 2.45) is 10.9 Å². The largest absolute Gasteiger partial charge is 0.486 e. The molecule has 0 aliphatic heterocycles. The number of hydrogen-bond donors (Lipinski definition) is 2. The van der Waals surface area contributed by atoms with Gasteiger partial charge in [0.25, 0.3) is 0 Å². The Bertz CT molecular complexity index is 664. The lowest BCUT2D eigenvalue weighted by molar-refractivity contribution is 0.289. The van der Waals surface area contributed by atoms with Gasteiger partial charge in [0.05, 0.1) is 0 Å². The van der Waals surface area contributed by atoms with Crippen LogP contribution in [-0.4, -0.2) is 11.0 Å². The van der Waals surface area contributed by atoms with E-state index in [4.69, 9.17) is 15.7 Å². The monoisotopic (exact) mass is 288 g/mol. The van der Waals surface area contributed by atoms with Gasteiger partial charge in [0.1, 0.15) is 6.61 Å². The fourth-order valence-electron chi connectivity index (χ4n) is 2.06. The number of hydrogen-bond acceptors (Lipinski definition) is 3. The molecule has 3 N–H and O–H groups in total. The number of rotatable bonds is 4. The van der Waals surface area contributed by atoms with Crippen LogP contribution in [0.4, 0.5) is 4.39 Å². The normalized spacial score (nSPS) is 11.5. The van der Waals surface area contributed by atoms with Crippen LogP contribution in [0.25, 0.3) is 0 Å². The molecular weight excluding hydrogens is 271 g/mol. The van der Waals surface area contributed by atoms with Crippen LogP contribution in [0.2, 0.25) is 0 Å². The molecule has 2 aromatic carbocycles. The number of aryl methyl sites for hydroxylation is 2. The summed E-state index contributed by atoms with van der Waals surface area (Å²) in [6, 6.07) is 10.1. The van der Waals surface area contributed by atoms with Gasteiger partial charge in [0.2, 0.25) is 0 Å². The summed E-state index contributed by atoms with van der Waals surface area (Å²) in [5, 5.41) is 11.4. The van der Waals surface area contributed by atoms with E-state index in [2.05, 4.69) is 5.16 Å². The molecule has 0 aromatic heterocycles. The zero-order valence-electron chi connectivity index (χ0n) is 11.9. The molecular formula is C16H17FN2O2. The molecule has 0 radical (unpaired) electrons. The first-order valence-electron chi connectivity index (χ1n) is 6.48. The minimum absolute atomic E-state index is 0.132. The van der Waals surface area contributed by atoms with Crippen LogP contribution < -0.4 is 10.5 Å². The number of amidine groups is 1. The van der Waals surface area contributed by atoms with Gasteiger partial charge in [-0.1, -0.05) is 23.4 Å². The van der Waals surface area contributed by atoms with Crippen LogP contribution >= 0.6 is 0 Å². The van der Waals surface area contributed by atoms with Crippen LogP contribution in [0.1, 0.15) is 22.3 Å². The molecule has 0 saturated heterocycles.